The molecule has 0 unspecified atom stereocenters. The lowest BCUT2D eigenvalue weighted by molar-refractivity contribution is 0.122. The fourth-order valence-corrected chi connectivity index (χ4v) is 2.86. The van der Waals surface area contributed by atoms with Crippen LogP contribution in [0.4, 0.5) is 11.6 Å². The Balaban J connectivity index is 1.68. The summed E-state index contributed by atoms with van der Waals surface area (Å²) in [4.78, 5) is 11.3. The molecule has 1 N–H and O–H groups in total. The summed E-state index contributed by atoms with van der Waals surface area (Å²) in [7, 11) is 0. The normalized spacial score (nSPS) is 16.2. The van der Waals surface area contributed by atoms with Crippen molar-refractivity contribution >= 4 is 11.6 Å². The highest BCUT2D eigenvalue weighted by Gasteiger charge is 2.12. The van der Waals surface area contributed by atoms with E-state index in [2.05, 4.69) is 51.4 Å². The number of anilines is 2. The van der Waals surface area contributed by atoms with Gasteiger partial charge in [-0.25, -0.2) is 9.97 Å². The minimum Gasteiger partial charge on any atom is -0.378 e. The number of benzene rings is 1. The van der Waals surface area contributed by atoms with Gasteiger partial charge in [0.25, 0.3) is 0 Å². The lowest BCUT2D eigenvalue weighted by Gasteiger charge is -2.29. The third kappa shape index (κ3) is 3.99. The molecule has 0 saturated carbocycles. The van der Waals surface area contributed by atoms with Crippen LogP contribution in [-0.4, -0.2) is 36.3 Å². The summed E-state index contributed by atoms with van der Waals surface area (Å²) >= 11 is 0. The summed E-state index contributed by atoms with van der Waals surface area (Å²) in [5, 5.41) is 3.38. The molecular weight excluding hydrogens is 288 g/mol. The van der Waals surface area contributed by atoms with Crippen LogP contribution < -0.4 is 10.2 Å². The molecule has 1 saturated heterocycles. The first-order valence-electron chi connectivity index (χ1n) is 8.13. The van der Waals surface area contributed by atoms with Gasteiger partial charge >= 0.3 is 0 Å². The fourth-order valence-electron chi connectivity index (χ4n) is 2.86. The van der Waals surface area contributed by atoms with E-state index in [0.29, 0.717) is 5.95 Å². The number of morpholine rings is 1. The van der Waals surface area contributed by atoms with Gasteiger partial charge in [0, 0.05) is 30.2 Å². The van der Waals surface area contributed by atoms with Gasteiger partial charge in [0.2, 0.25) is 5.95 Å². The quantitative estimate of drug-likeness (QED) is 0.940. The summed E-state index contributed by atoms with van der Waals surface area (Å²) in [6.45, 7) is 9.65. The highest BCUT2D eigenvalue weighted by atomic mass is 16.5. The highest BCUT2D eigenvalue weighted by molar-refractivity contribution is 5.49. The Bertz CT molecular complexity index is 630. The molecule has 5 nitrogen and oxygen atoms in total. The van der Waals surface area contributed by atoms with Crippen molar-refractivity contribution in [2.45, 2.75) is 26.8 Å². The lowest BCUT2D eigenvalue weighted by atomic mass is 10.1. The van der Waals surface area contributed by atoms with E-state index in [4.69, 9.17) is 4.74 Å². The molecule has 5 heteroatoms. The van der Waals surface area contributed by atoms with Gasteiger partial charge in [-0.15, -0.1) is 0 Å². The number of rotatable bonds is 4. The minimum absolute atomic E-state index is 0.162. The first-order chi connectivity index (χ1) is 11.1. The van der Waals surface area contributed by atoms with E-state index < -0.39 is 0 Å². The molecule has 0 amide bonds. The molecule has 0 aliphatic carbocycles. The first-order valence-corrected chi connectivity index (χ1v) is 8.13. The van der Waals surface area contributed by atoms with Crippen LogP contribution >= 0.6 is 0 Å². The van der Waals surface area contributed by atoms with Gasteiger partial charge < -0.3 is 15.0 Å². The molecule has 122 valence electrons. The smallest absolute Gasteiger partial charge is 0.223 e. The topological polar surface area (TPSA) is 50.3 Å². The van der Waals surface area contributed by atoms with E-state index in [0.717, 1.165) is 37.7 Å². The van der Waals surface area contributed by atoms with Crippen molar-refractivity contribution in [2.24, 2.45) is 0 Å². The van der Waals surface area contributed by atoms with Gasteiger partial charge in [-0.05, 0) is 44.5 Å². The molecule has 0 radical (unpaired) electrons. The van der Waals surface area contributed by atoms with E-state index in [-0.39, 0.29) is 6.04 Å². The van der Waals surface area contributed by atoms with Crippen molar-refractivity contribution in [1.29, 1.82) is 0 Å². The summed E-state index contributed by atoms with van der Waals surface area (Å²) < 4.78 is 5.40. The van der Waals surface area contributed by atoms with Gasteiger partial charge in [-0.2, -0.15) is 0 Å². The van der Waals surface area contributed by atoms with Gasteiger partial charge in [0.05, 0.1) is 19.3 Å². The Kier molecular flexibility index (Phi) is 4.76. The van der Waals surface area contributed by atoms with Gasteiger partial charge in [0.15, 0.2) is 0 Å². The second kappa shape index (κ2) is 6.96. The van der Waals surface area contributed by atoms with Crippen LogP contribution in [0, 0.1) is 13.8 Å². The molecular formula is C18H24N4O. The van der Waals surface area contributed by atoms with Crippen molar-refractivity contribution in [1.82, 2.24) is 9.97 Å². The zero-order valence-corrected chi connectivity index (χ0v) is 14.0. The van der Waals surface area contributed by atoms with Crippen molar-refractivity contribution in [3.8, 4) is 0 Å². The number of aryl methyl sites for hydroxylation is 2. The van der Waals surface area contributed by atoms with Crippen molar-refractivity contribution in [3.63, 3.8) is 0 Å². The molecule has 1 aromatic carbocycles. The van der Waals surface area contributed by atoms with E-state index in [9.17, 15) is 0 Å². The average Bonchev–Trinajstić information content (AvgIpc) is 2.55. The molecule has 1 aliphatic heterocycles. The predicted molar refractivity (Wildman–Crippen MR) is 93.0 cm³/mol. The van der Waals surface area contributed by atoms with E-state index in [1.54, 1.807) is 0 Å². The highest BCUT2D eigenvalue weighted by Crippen LogP contribution is 2.22. The average molecular weight is 312 g/mol. The van der Waals surface area contributed by atoms with Crippen molar-refractivity contribution < 1.29 is 4.74 Å². The monoisotopic (exact) mass is 312 g/mol. The number of nitrogens with zero attached hydrogens (tertiary/aromatic N) is 3. The van der Waals surface area contributed by atoms with E-state index >= 15 is 0 Å². The van der Waals surface area contributed by atoms with Crippen LogP contribution in [0.3, 0.4) is 0 Å². The fraction of sp³-hybridized carbons (Fsp3) is 0.444. The number of hydrogen-bond acceptors (Lipinski definition) is 5. The Morgan fingerprint density at radius 2 is 1.65 bits per heavy atom. The molecule has 2 heterocycles. The zero-order chi connectivity index (χ0) is 16.2. The van der Waals surface area contributed by atoms with E-state index in [1.165, 1.54) is 11.3 Å². The number of nitrogens with one attached hydrogen (secondary N) is 1. The SMILES string of the molecule is Cc1cc(C)nc(N[C@H](C)c2ccc(N3CCOCC3)cc2)n1. The Morgan fingerprint density at radius 3 is 2.26 bits per heavy atom. The van der Waals surface area contributed by atoms with Gasteiger partial charge in [-0.3, -0.25) is 0 Å². The van der Waals surface area contributed by atoms with Crippen LogP contribution in [0.25, 0.3) is 0 Å². The van der Waals surface area contributed by atoms with Crippen molar-refractivity contribution in [2.75, 3.05) is 36.5 Å². The van der Waals surface area contributed by atoms with E-state index in [1.807, 2.05) is 19.9 Å². The minimum atomic E-state index is 0.162. The molecule has 3 rings (SSSR count). The predicted octanol–water partition coefficient (Wildman–Crippen LogP) is 3.10. The third-order valence-corrected chi connectivity index (χ3v) is 4.10. The maximum atomic E-state index is 5.40. The first kappa shape index (κ1) is 15.7. The molecule has 1 atom stereocenters. The third-order valence-electron chi connectivity index (χ3n) is 4.10. The zero-order valence-electron chi connectivity index (χ0n) is 14.0. The Hall–Kier alpha value is -2.14. The van der Waals surface area contributed by atoms with Gasteiger partial charge in [0.1, 0.15) is 0 Å². The second-order valence-corrected chi connectivity index (χ2v) is 6.03. The molecule has 0 bridgehead atoms. The number of aromatic nitrogens is 2. The lowest BCUT2D eigenvalue weighted by Crippen LogP contribution is -2.36. The maximum Gasteiger partial charge on any atom is 0.223 e. The second-order valence-electron chi connectivity index (χ2n) is 6.03. The summed E-state index contributed by atoms with van der Waals surface area (Å²) in [6, 6.07) is 10.8. The molecule has 2 aromatic rings. The van der Waals surface area contributed by atoms with Gasteiger partial charge in [-0.1, -0.05) is 12.1 Å². The Morgan fingerprint density at radius 1 is 1.04 bits per heavy atom. The van der Waals surface area contributed by atoms with Crippen LogP contribution in [-0.2, 0) is 4.74 Å². The number of hydrogen-bond donors (Lipinski definition) is 1. The summed E-state index contributed by atoms with van der Waals surface area (Å²) in [5.41, 5.74) is 4.45. The summed E-state index contributed by atoms with van der Waals surface area (Å²) in [5.74, 6) is 0.687. The molecule has 23 heavy (non-hydrogen) atoms. The van der Waals surface area contributed by atoms with Crippen LogP contribution in [0.5, 0.6) is 0 Å². The molecule has 1 fully saturated rings. The van der Waals surface area contributed by atoms with Crippen molar-refractivity contribution in [3.05, 3.63) is 47.3 Å². The largest absolute Gasteiger partial charge is 0.378 e. The van der Waals surface area contributed by atoms with Crippen LogP contribution in [0.15, 0.2) is 30.3 Å². The molecule has 1 aliphatic rings. The number of ether oxygens (including phenoxy) is 1. The maximum absolute atomic E-state index is 5.40. The van der Waals surface area contributed by atoms with Crippen LogP contribution in [0.1, 0.15) is 29.9 Å². The summed E-state index contributed by atoms with van der Waals surface area (Å²) in [6.07, 6.45) is 0. The molecule has 0 spiro atoms. The standard InChI is InChI=1S/C18H24N4O/c1-13-12-14(2)20-18(19-13)21-15(3)16-4-6-17(7-5-16)22-8-10-23-11-9-22/h4-7,12,15H,8-11H2,1-3H3,(H,19,20,21)/t15-/m1/s1. The van der Waals surface area contributed by atoms with Crippen LogP contribution in [0.2, 0.25) is 0 Å². The molecule has 1 aromatic heterocycles. The Labute approximate surface area is 137 Å².